The van der Waals surface area contributed by atoms with Gasteiger partial charge >= 0.3 is 0 Å². The number of Topliss-reactive ketones (excluding diaryl/α,β-unsaturated/α-hetero) is 1. The fourth-order valence-electron chi connectivity index (χ4n) is 7.39. The van der Waals surface area contributed by atoms with Crippen molar-refractivity contribution >= 4 is 59.4 Å². The maximum Gasteiger partial charge on any atom is 0.169 e. The van der Waals surface area contributed by atoms with Gasteiger partial charge in [0, 0.05) is 17.2 Å². The van der Waals surface area contributed by atoms with Crippen molar-refractivity contribution < 1.29 is 9.59 Å². The molecule has 0 radical (unpaired) electrons. The van der Waals surface area contributed by atoms with E-state index in [1.54, 1.807) is 0 Å². The Kier molecular flexibility index (Phi) is 5.01. The Morgan fingerprint density at radius 1 is 1.11 bits per heavy atom. The summed E-state index contributed by atoms with van der Waals surface area (Å²) in [6, 6.07) is 0. The van der Waals surface area contributed by atoms with Crippen LogP contribution in [-0.2, 0) is 9.59 Å². The first kappa shape index (κ1) is 20.8. The second kappa shape index (κ2) is 6.51. The number of rotatable bonds is 1. The van der Waals surface area contributed by atoms with E-state index in [-0.39, 0.29) is 31.7 Å². The van der Waals surface area contributed by atoms with Gasteiger partial charge in [-0.2, -0.15) is 0 Å². The lowest BCUT2D eigenvalue weighted by Gasteiger charge is -2.65. The van der Waals surface area contributed by atoms with Crippen molar-refractivity contribution in [2.45, 2.75) is 62.5 Å². The fourth-order valence-corrected chi connectivity index (χ4v) is 9.73. The number of alkyl halides is 3. The van der Waals surface area contributed by atoms with Gasteiger partial charge in [-0.15, -0.1) is 0 Å². The molecule has 0 amide bonds. The van der Waals surface area contributed by atoms with E-state index in [4.69, 9.17) is 0 Å². The quantitative estimate of drug-likeness (QED) is 0.361. The molecule has 5 heteroatoms. The Morgan fingerprint density at radius 2 is 1.78 bits per heavy atom. The van der Waals surface area contributed by atoms with Gasteiger partial charge < -0.3 is 0 Å². The highest BCUT2D eigenvalue weighted by Crippen LogP contribution is 2.70. The third kappa shape index (κ3) is 2.46. The summed E-state index contributed by atoms with van der Waals surface area (Å²) < 4.78 is -0.232. The first-order valence-electron chi connectivity index (χ1n) is 10.2. The van der Waals surface area contributed by atoms with Crippen molar-refractivity contribution in [2.75, 3.05) is 5.33 Å². The van der Waals surface area contributed by atoms with Crippen molar-refractivity contribution in [2.24, 2.45) is 40.4 Å². The highest BCUT2D eigenvalue weighted by Gasteiger charge is 2.67. The molecule has 4 aliphatic rings. The van der Waals surface area contributed by atoms with E-state index in [0.29, 0.717) is 29.5 Å². The number of allylic oxidation sites excluding steroid dienone is 1. The van der Waals surface area contributed by atoms with Crippen molar-refractivity contribution in [1.29, 1.82) is 0 Å². The molecule has 150 valence electrons. The number of carbonyl (C=O) groups excluding carboxylic acids is 2. The topological polar surface area (TPSA) is 34.1 Å². The van der Waals surface area contributed by atoms with Gasteiger partial charge in [0.2, 0.25) is 0 Å². The summed E-state index contributed by atoms with van der Waals surface area (Å²) in [7, 11) is 0. The number of ketones is 2. The number of halogens is 3. The highest BCUT2D eigenvalue weighted by atomic mass is 79.9. The highest BCUT2D eigenvalue weighted by molar-refractivity contribution is 9.12. The minimum Gasteiger partial charge on any atom is -0.299 e. The first-order valence-corrected chi connectivity index (χ1v) is 13.0. The van der Waals surface area contributed by atoms with E-state index < -0.39 is 0 Å². The molecule has 0 spiro atoms. The molecule has 0 bridgehead atoms. The predicted molar refractivity (Wildman–Crippen MR) is 120 cm³/mol. The van der Waals surface area contributed by atoms with E-state index >= 15 is 0 Å². The van der Waals surface area contributed by atoms with Crippen LogP contribution in [0.2, 0.25) is 0 Å². The summed E-state index contributed by atoms with van der Waals surface area (Å²) in [4.78, 5) is 25.4. The van der Waals surface area contributed by atoms with Crippen molar-refractivity contribution in [3.05, 3.63) is 11.6 Å². The van der Waals surface area contributed by atoms with Gasteiger partial charge in [0.25, 0.3) is 0 Å². The zero-order chi connectivity index (χ0) is 19.9. The van der Waals surface area contributed by atoms with E-state index in [9.17, 15) is 9.59 Å². The maximum atomic E-state index is 12.8. The normalized spacial score (nSPS) is 54.9. The minimum absolute atomic E-state index is 0.0382. The molecular formula is C22H29Br3O2. The Balaban J connectivity index is 1.91. The molecule has 27 heavy (non-hydrogen) atoms. The van der Waals surface area contributed by atoms with Crippen LogP contribution in [0.5, 0.6) is 0 Å². The van der Waals surface area contributed by atoms with Gasteiger partial charge in [0.05, 0.1) is 9.15 Å². The van der Waals surface area contributed by atoms with Crippen LogP contribution in [0.3, 0.4) is 0 Å². The van der Waals surface area contributed by atoms with Crippen molar-refractivity contribution in [3.63, 3.8) is 0 Å². The van der Waals surface area contributed by atoms with Gasteiger partial charge in [0.1, 0.15) is 5.78 Å². The smallest absolute Gasteiger partial charge is 0.169 e. The van der Waals surface area contributed by atoms with Crippen LogP contribution in [0, 0.1) is 40.4 Å². The summed E-state index contributed by atoms with van der Waals surface area (Å²) >= 11 is 11.6. The fraction of sp³-hybridized carbons (Fsp3) is 0.818. The van der Waals surface area contributed by atoms with E-state index in [2.05, 4.69) is 75.5 Å². The van der Waals surface area contributed by atoms with Gasteiger partial charge in [0.15, 0.2) is 5.78 Å². The Hall–Kier alpha value is 0.520. The molecule has 0 aliphatic heterocycles. The molecule has 3 fully saturated rings. The molecule has 2 nitrogen and oxygen atoms in total. The lowest BCUT2D eigenvalue weighted by atomic mass is 9.41. The van der Waals surface area contributed by atoms with Gasteiger partial charge in [-0.25, -0.2) is 0 Å². The SMILES string of the molecule is CC1[C@@H]2[C@H](CC[C@]3(C)C(=O)CC[C@@H]23)[C@]2(C)C(=CC(=O)C(Br)[C@@H]2C)C1(Br)CBr. The number of hydrogen-bond acceptors (Lipinski definition) is 2. The van der Waals surface area contributed by atoms with Crippen molar-refractivity contribution in [3.8, 4) is 0 Å². The molecule has 3 unspecified atom stereocenters. The first-order chi connectivity index (χ1) is 12.5. The molecular weight excluding hydrogens is 536 g/mol. The van der Waals surface area contributed by atoms with E-state index in [1.807, 2.05) is 6.08 Å². The van der Waals surface area contributed by atoms with Crippen LogP contribution in [0.25, 0.3) is 0 Å². The molecule has 0 saturated heterocycles. The summed E-state index contributed by atoms with van der Waals surface area (Å²) in [5.41, 5.74) is 1.10. The third-order valence-corrected chi connectivity index (χ3v) is 13.6. The second-order valence-corrected chi connectivity index (χ2v) is 12.9. The lowest BCUT2D eigenvalue weighted by Crippen LogP contribution is -2.64. The standard InChI is InChI=1S/C22H29Br3O2/c1-11-18-13-5-6-17(27)20(13,3)8-7-14(18)21(4)12(2)19(24)15(26)9-16(21)22(11,25)10-23/h9,11-14,18-19H,5-8,10H2,1-4H3/t11?,12-,13-,14-,18-,19?,20-,21+,22?/m0/s1. The number of fused-ring (bicyclic) bond motifs is 5. The van der Waals surface area contributed by atoms with Crippen LogP contribution < -0.4 is 0 Å². The van der Waals surface area contributed by atoms with Gasteiger partial charge in [-0.3, -0.25) is 9.59 Å². The molecule has 9 atom stereocenters. The van der Waals surface area contributed by atoms with Crippen LogP contribution in [0.4, 0.5) is 0 Å². The van der Waals surface area contributed by atoms with Crippen molar-refractivity contribution in [1.82, 2.24) is 0 Å². The van der Waals surface area contributed by atoms with Crippen LogP contribution in [-0.4, -0.2) is 26.0 Å². The molecule has 0 aromatic carbocycles. The van der Waals surface area contributed by atoms with E-state index in [1.165, 1.54) is 5.57 Å². The Labute approximate surface area is 188 Å². The second-order valence-electron chi connectivity index (χ2n) is 9.93. The average molecular weight is 565 g/mol. The summed E-state index contributed by atoms with van der Waals surface area (Å²) in [5, 5.41) is 0.788. The maximum absolute atomic E-state index is 12.8. The van der Waals surface area contributed by atoms with Crippen LogP contribution >= 0.6 is 47.8 Å². The molecule has 0 N–H and O–H groups in total. The summed E-state index contributed by atoms with van der Waals surface area (Å²) in [6.07, 6.45) is 5.81. The predicted octanol–water partition coefficient (Wildman–Crippen LogP) is 6.09. The summed E-state index contributed by atoms with van der Waals surface area (Å²) in [5.74, 6) is 2.79. The van der Waals surface area contributed by atoms with Gasteiger partial charge in [-0.05, 0) is 65.9 Å². The van der Waals surface area contributed by atoms with Crippen LogP contribution in [0.1, 0.15) is 53.4 Å². The zero-order valence-electron chi connectivity index (χ0n) is 16.5. The monoisotopic (exact) mass is 562 g/mol. The zero-order valence-corrected chi connectivity index (χ0v) is 21.3. The molecule has 0 aromatic heterocycles. The molecule has 0 heterocycles. The molecule has 4 rings (SSSR count). The van der Waals surface area contributed by atoms with Gasteiger partial charge in [-0.1, -0.05) is 75.5 Å². The minimum atomic E-state index is -0.232. The molecule has 3 saturated carbocycles. The summed E-state index contributed by atoms with van der Waals surface area (Å²) in [6.45, 7) is 9.21. The van der Waals surface area contributed by atoms with Crippen LogP contribution in [0.15, 0.2) is 11.6 Å². The number of hydrogen-bond donors (Lipinski definition) is 0. The molecule has 0 aromatic rings. The largest absolute Gasteiger partial charge is 0.299 e. The van der Waals surface area contributed by atoms with E-state index in [0.717, 1.165) is 31.0 Å². The number of carbonyl (C=O) groups is 2. The third-order valence-electron chi connectivity index (χ3n) is 9.28. The Bertz CT molecular complexity index is 733. The average Bonchev–Trinajstić information content (AvgIpc) is 2.95. The molecule has 4 aliphatic carbocycles. The Morgan fingerprint density at radius 3 is 2.41 bits per heavy atom. The lowest BCUT2D eigenvalue weighted by molar-refractivity contribution is -0.137.